The van der Waals surface area contributed by atoms with Crippen molar-refractivity contribution in [2.75, 3.05) is 26.1 Å². The number of fused-ring (bicyclic) bond motifs is 3. The van der Waals surface area contributed by atoms with Crippen molar-refractivity contribution < 1.29 is 23.7 Å². The molecule has 2 bridgehead atoms. The Balaban J connectivity index is 1.34. The molecular formula is C28H29FN4O4. The molecule has 1 saturated carbocycles. The van der Waals surface area contributed by atoms with Crippen LogP contribution < -0.4 is 15.2 Å². The molecular weight excluding hydrogens is 475 g/mol. The molecule has 2 aliphatic rings. The number of hydrogen-bond acceptors (Lipinski definition) is 7. The second-order valence-corrected chi connectivity index (χ2v) is 9.84. The molecule has 9 heteroatoms. The number of benzene rings is 2. The largest absolute Gasteiger partial charge is 0.494 e. The number of halogens is 1. The van der Waals surface area contributed by atoms with Gasteiger partial charge in [0.2, 0.25) is 5.82 Å². The number of nitrogens with two attached hydrogens (primary N) is 1. The Kier molecular flexibility index (Phi) is 5.97. The third-order valence-electron chi connectivity index (χ3n) is 7.74. The van der Waals surface area contributed by atoms with Crippen molar-refractivity contribution >= 4 is 11.3 Å². The van der Waals surface area contributed by atoms with Crippen LogP contribution in [0.25, 0.3) is 16.8 Å². The lowest BCUT2D eigenvalue weighted by atomic mass is 9.68. The molecule has 3 unspecified atom stereocenters. The number of rotatable bonds is 6. The summed E-state index contributed by atoms with van der Waals surface area (Å²) in [6, 6.07) is 12.1. The number of aromatic nitrogens is 3. The molecule has 1 aliphatic heterocycles. The molecule has 192 valence electrons. The van der Waals surface area contributed by atoms with Gasteiger partial charge in [-0.15, -0.1) is 0 Å². The molecule has 8 nitrogen and oxygen atoms in total. The van der Waals surface area contributed by atoms with Crippen LogP contribution in [0.15, 0.2) is 54.9 Å². The van der Waals surface area contributed by atoms with Crippen molar-refractivity contribution in [2.24, 2.45) is 5.92 Å². The van der Waals surface area contributed by atoms with Gasteiger partial charge in [-0.25, -0.2) is 9.97 Å². The highest BCUT2D eigenvalue weighted by Crippen LogP contribution is 2.48. The third-order valence-corrected chi connectivity index (χ3v) is 7.74. The number of imidazole rings is 1. The van der Waals surface area contributed by atoms with Gasteiger partial charge in [-0.3, -0.25) is 4.40 Å². The molecule has 37 heavy (non-hydrogen) atoms. The molecule has 0 radical (unpaired) electrons. The van der Waals surface area contributed by atoms with E-state index in [1.165, 1.54) is 7.11 Å². The number of nitrogens with zero attached hydrogens (tertiary/aromatic N) is 3. The zero-order chi connectivity index (χ0) is 25.6. The van der Waals surface area contributed by atoms with E-state index >= 15 is 0 Å². The van der Waals surface area contributed by atoms with Gasteiger partial charge in [0.1, 0.15) is 28.6 Å². The minimum absolute atomic E-state index is 0.0503. The summed E-state index contributed by atoms with van der Waals surface area (Å²) < 4.78 is 33.4. The molecule has 2 fully saturated rings. The normalized spacial score (nSPS) is 23.2. The fourth-order valence-electron chi connectivity index (χ4n) is 5.85. The van der Waals surface area contributed by atoms with Crippen LogP contribution >= 0.6 is 0 Å². The molecule has 2 aromatic heterocycles. The lowest BCUT2D eigenvalue weighted by Crippen LogP contribution is -2.48. The number of nitrogen functional groups attached to an aromatic ring is 1. The second kappa shape index (κ2) is 9.32. The van der Waals surface area contributed by atoms with Crippen LogP contribution in [0.5, 0.6) is 17.2 Å². The summed E-state index contributed by atoms with van der Waals surface area (Å²) in [6.45, 7) is 0.700. The Morgan fingerprint density at radius 2 is 2.00 bits per heavy atom. The number of methoxy groups -OCH3 is 1. The second-order valence-electron chi connectivity index (χ2n) is 9.84. The van der Waals surface area contributed by atoms with Gasteiger partial charge in [-0.05, 0) is 68.0 Å². The Morgan fingerprint density at radius 3 is 2.78 bits per heavy atom. The summed E-state index contributed by atoms with van der Waals surface area (Å²) >= 11 is 0. The Hall–Kier alpha value is -3.69. The number of hydrogen-bond donors (Lipinski definition) is 2. The smallest absolute Gasteiger partial charge is 0.207 e. The molecule has 2 aromatic carbocycles. The minimum Gasteiger partial charge on any atom is -0.494 e. The molecule has 3 heterocycles. The highest BCUT2D eigenvalue weighted by Gasteiger charge is 2.46. The van der Waals surface area contributed by atoms with E-state index in [1.54, 1.807) is 36.5 Å². The van der Waals surface area contributed by atoms with E-state index in [2.05, 4.69) is 9.38 Å². The van der Waals surface area contributed by atoms with Crippen molar-refractivity contribution in [3.63, 3.8) is 0 Å². The molecule has 4 aromatic rings. The van der Waals surface area contributed by atoms with Crippen molar-refractivity contribution in [3.05, 3.63) is 66.5 Å². The first kappa shape index (κ1) is 23.7. The fraction of sp³-hybridized carbons (Fsp3) is 0.357. The topological polar surface area (TPSA) is 104 Å². The summed E-state index contributed by atoms with van der Waals surface area (Å²) in [7, 11) is 1.42. The predicted octanol–water partition coefficient (Wildman–Crippen LogP) is 4.95. The quantitative estimate of drug-likeness (QED) is 0.383. The van der Waals surface area contributed by atoms with Crippen molar-refractivity contribution in [2.45, 2.75) is 37.2 Å². The molecule has 0 amide bonds. The lowest BCUT2D eigenvalue weighted by Gasteiger charge is -2.47. The van der Waals surface area contributed by atoms with E-state index in [9.17, 15) is 9.50 Å². The highest BCUT2D eigenvalue weighted by atomic mass is 19.1. The van der Waals surface area contributed by atoms with Gasteiger partial charge < -0.3 is 25.1 Å². The van der Waals surface area contributed by atoms with E-state index in [-0.39, 0.29) is 24.0 Å². The average Bonchev–Trinajstić information content (AvgIpc) is 3.31. The van der Waals surface area contributed by atoms with Gasteiger partial charge >= 0.3 is 0 Å². The molecule has 0 spiro atoms. The maximum Gasteiger partial charge on any atom is 0.207 e. The van der Waals surface area contributed by atoms with Crippen molar-refractivity contribution in [1.82, 2.24) is 14.4 Å². The SMILES string of the molecule is COc1cccc(Oc2ccc(-c3nc(C4CCC5(CO)CC4CCO5)n4ccnc(N)c34)cc2)c1F. The zero-order valence-corrected chi connectivity index (χ0v) is 20.6. The van der Waals surface area contributed by atoms with Gasteiger partial charge in [0.25, 0.3) is 0 Å². The summed E-state index contributed by atoms with van der Waals surface area (Å²) in [6.07, 6.45) is 7.04. The van der Waals surface area contributed by atoms with Gasteiger partial charge in [0, 0.05) is 30.5 Å². The van der Waals surface area contributed by atoms with Gasteiger partial charge in [-0.2, -0.15) is 4.39 Å². The zero-order valence-electron chi connectivity index (χ0n) is 20.6. The molecule has 1 saturated heterocycles. The van der Waals surface area contributed by atoms with E-state index < -0.39 is 11.4 Å². The maximum atomic E-state index is 14.5. The number of anilines is 1. The van der Waals surface area contributed by atoms with Gasteiger partial charge in [0.05, 0.1) is 19.3 Å². The van der Waals surface area contributed by atoms with Crippen LogP contribution in [0.4, 0.5) is 10.2 Å². The molecule has 3 N–H and O–H groups in total. The van der Waals surface area contributed by atoms with Crippen LogP contribution in [-0.2, 0) is 4.74 Å². The highest BCUT2D eigenvalue weighted by molar-refractivity contribution is 5.85. The summed E-state index contributed by atoms with van der Waals surface area (Å²) in [5.74, 6) is 2.10. The standard InChI is InChI=1S/C28H29FN4O4/c1-35-21-3-2-4-22(23(21)29)37-19-7-5-17(6-8-19)24-25-26(30)31-12-13-33(25)27(32-24)20-9-11-28(16-34)15-18(20)10-14-36-28/h2-8,12-13,18,20,34H,9-11,14-16H2,1H3,(H2,30,31). The predicted molar refractivity (Wildman–Crippen MR) is 136 cm³/mol. The molecule has 3 atom stereocenters. The van der Waals surface area contributed by atoms with Gasteiger partial charge in [-0.1, -0.05) is 6.07 Å². The van der Waals surface area contributed by atoms with Crippen LogP contribution in [0.3, 0.4) is 0 Å². The first-order valence-corrected chi connectivity index (χ1v) is 12.5. The summed E-state index contributed by atoms with van der Waals surface area (Å²) in [5.41, 5.74) is 8.29. The fourth-order valence-corrected chi connectivity index (χ4v) is 5.85. The molecule has 6 rings (SSSR count). The first-order chi connectivity index (χ1) is 18.0. The van der Waals surface area contributed by atoms with Crippen LogP contribution in [-0.4, -0.2) is 45.4 Å². The van der Waals surface area contributed by atoms with Crippen molar-refractivity contribution in [1.29, 1.82) is 0 Å². The first-order valence-electron chi connectivity index (χ1n) is 12.5. The maximum absolute atomic E-state index is 14.5. The lowest BCUT2D eigenvalue weighted by molar-refractivity contribution is -0.150. The van der Waals surface area contributed by atoms with Crippen molar-refractivity contribution in [3.8, 4) is 28.5 Å². The Bertz CT molecular complexity index is 1440. The van der Waals surface area contributed by atoms with Crippen LogP contribution in [0.2, 0.25) is 0 Å². The Morgan fingerprint density at radius 1 is 1.19 bits per heavy atom. The number of aliphatic hydroxyl groups is 1. The number of aliphatic hydroxyl groups excluding tert-OH is 1. The molecule has 1 aliphatic carbocycles. The van der Waals surface area contributed by atoms with E-state index in [1.807, 2.05) is 18.3 Å². The van der Waals surface area contributed by atoms with Crippen LogP contribution in [0.1, 0.15) is 37.4 Å². The Labute approximate surface area is 213 Å². The van der Waals surface area contributed by atoms with Gasteiger partial charge in [0.15, 0.2) is 11.5 Å². The monoisotopic (exact) mass is 504 g/mol. The average molecular weight is 505 g/mol. The number of ether oxygens (including phenoxy) is 3. The van der Waals surface area contributed by atoms with E-state index in [0.29, 0.717) is 24.1 Å². The third kappa shape index (κ3) is 4.08. The van der Waals surface area contributed by atoms with E-state index in [0.717, 1.165) is 48.3 Å². The minimum atomic E-state index is -0.552. The van der Waals surface area contributed by atoms with E-state index in [4.69, 9.17) is 24.9 Å². The van der Waals surface area contributed by atoms with Crippen LogP contribution in [0, 0.1) is 11.7 Å². The summed E-state index contributed by atoms with van der Waals surface area (Å²) in [4.78, 5) is 9.44. The summed E-state index contributed by atoms with van der Waals surface area (Å²) in [5, 5.41) is 9.96.